The second-order valence-corrected chi connectivity index (χ2v) is 7.33. The molecule has 0 aromatic carbocycles. The molecule has 1 aromatic rings. The molecule has 1 spiro atoms. The Hall–Kier alpha value is -1.98. The van der Waals surface area contributed by atoms with Gasteiger partial charge < -0.3 is 10.2 Å². The molecule has 2 heterocycles. The Bertz CT molecular complexity index is 641. The molecule has 2 fully saturated rings. The van der Waals surface area contributed by atoms with E-state index in [0.717, 1.165) is 31.9 Å². The Morgan fingerprint density at radius 1 is 1.38 bits per heavy atom. The van der Waals surface area contributed by atoms with Crippen LogP contribution in [0.2, 0.25) is 0 Å². The summed E-state index contributed by atoms with van der Waals surface area (Å²) in [5, 5.41) is 2.99. The van der Waals surface area contributed by atoms with E-state index in [-0.39, 0.29) is 34.8 Å². The number of halogens is 1. The minimum absolute atomic E-state index is 0.0115. The van der Waals surface area contributed by atoms with E-state index in [1.54, 1.807) is 4.90 Å². The maximum absolute atomic E-state index is 13.9. The summed E-state index contributed by atoms with van der Waals surface area (Å²) in [6.45, 7) is 4.76. The first kappa shape index (κ1) is 16.9. The first-order valence-corrected chi connectivity index (χ1v) is 8.62. The highest BCUT2D eigenvalue weighted by atomic mass is 19.1. The van der Waals surface area contributed by atoms with Gasteiger partial charge in [-0.1, -0.05) is 12.8 Å². The Labute approximate surface area is 141 Å². The van der Waals surface area contributed by atoms with E-state index >= 15 is 0 Å². The van der Waals surface area contributed by atoms with Crippen molar-refractivity contribution in [3.05, 3.63) is 29.8 Å². The number of nitrogens with one attached hydrogen (secondary N) is 1. The molecule has 130 valence electrons. The van der Waals surface area contributed by atoms with Crippen LogP contribution in [0.4, 0.5) is 4.39 Å². The van der Waals surface area contributed by atoms with Crippen LogP contribution in [0.1, 0.15) is 49.9 Å². The van der Waals surface area contributed by atoms with E-state index in [1.807, 2.05) is 13.8 Å². The lowest BCUT2D eigenvalue weighted by atomic mass is 9.76. The first-order valence-electron chi connectivity index (χ1n) is 8.62. The standard InChI is InChI=1S/C18H24FN3O2/c1-12(2)21-16(23)14-10-22(11-18(14)6-3-4-7-18)17(24)13-5-8-20-9-15(13)19/h5,8-9,12,14H,3-4,6-7,10-11H2,1-2H3,(H,21,23). The van der Waals surface area contributed by atoms with Crippen molar-refractivity contribution in [1.29, 1.82) is 0 Å². The van der Waals surface area contributed by atoms with Crippen molar-refractivity contribution in [3.8, 4) is 0 Å². The van der Waals surface area contributed by atoms with E-state index in [9.17, 15) is 14.0 Å². The Balaban J connectivity index is 1.83. The van der Waals surface area contributed by atoms with Crippen molar-refractivity contribution in [2.45, 2.75) is 45.6 Å². The van der Waals surface area contributed by atoms with Crippen molar-refractivity contribution in [3.63, 3.8) is 0 Å². The molecule has 1 aliphatic heterocycles. The average Bonchev–Trinajstić information content (AvgIpc) is 3.15. The number of nitrogens with zero attached hydrogens (tertiary/aromatic N) is 2. The average molecular weight is 333 g/mol. The van der Waals surface area contributed by atoms with Gasteiger partial charge in [-0.3, -0.25) is 14.6 Å². The summed E-state index contributed by atoms with van der Waals surface area (Å²) in [5.41, 5.74) is -0.124. The minimum Gasteiger partial charge on any atom is -0.354 e. The van der Waals surface area contributed by atoms with Crippen molar-refractivity contribution in [2.24, 2.45) is 11.3 Å². The lowest BCUT2D eigenvalue weighted by Crippen LogP contribution is -2.42. The van der Waals surface area contributed by atoms with Crippen molar-refractivity contribution >= 4 is 11.8 Å². The van der Waals surface area contributed by atoms with Crippen LogP contribution < -0.4 is 5.32 Å². The van der Waals surface area contributed by atoms with E-state index in [0.29, 0.717) is 13.1 Å². The zero-order chi connectivity index (χ0) is 17.3. The predicted molar refractivity (Wildman–Crippen MR) is 87.8 cm³/mol. The number of carbonyl (C=O) groups excluding carboxylic acids is 2. The number of hydrogen-bond acceptors (Lipinski definition) is 3. The van der Waals surface area contributed by atoms with Gasteiger partial charge in [0.1, 0.15) is 0 Å². The summed E-state index contributed by atoms with van der Waals surface area (Å²) in [6, 6.07) is 1.47. The molecule has 1 aliphatic carbocycles. The molecule has 1 saturated carbocycles. The summed E-state index contributed by atoms with van der Waals surface area (Å²) in [6.07, 6.45) is 6.53. The second kappa shape index (κ2) is 6.49. The number of rotatable bonds is 3. The van der Waals surface area contributed by atoms with Crippen LogP contribution in [0.15, 0.2) is 18.5 Å². The number of aromatic nitrogens is 1. The lowest BCUT2D eigenvalue weighted by molar-refractivity contribution is -0.128. The minimum atomic E-state index is -0.613. The Kier molecular flexibility index (Phi) is 4.56. The molecule has 2 aliphatic rings. The van der Waals surface area contributed by atoms with Gasteiger partial charge >= 0.3 is 0 Å². The van der Waals surface area contributed by atoms with Crippen molar-refractivity contribution in [2.75, 3.05) is 13.1 Å². The molecule has 1 N–H and O–H groups in total. The largest absolute Gasteiger partial charge is 0.354 e. The van der Waals surface area contributed by atoms with Gasteiger partial charge in [0.25, 0.3) is 5.91 Å². The van der Waals surface area contributed by atoms with Crippen LogP contribution in [-0.4, -0.2) is 40.8 Å². The Morgan fingerprint density at radius 2 is 2.08 bits per heavy atom. The van der Waals surface area contributed by atoms with Gasteiger partial charge in [-0.05, 0) is 32.8 Å². The molecule has 24 heavy (non-hydrogen) atoms. The van der Waals surface area contributed by atoms with Crippen LogP contribution in [0, 0.1) is 17.2 Å². The molecular weight excluding hydrogens is 309 g/mol. The molecule has 1 unspecified atom stereocenters. The summed E-state index contributed by atoms with van der Waals surface area (Å²) in [4.78, 5) is 30.7. The van der Waals surface area contributed by atoms with Crippen molar-refractivity contribution in [1.82, 2.24) is 15.2 Å². The maximum Gasteiger partial charge on any atom is 0.256 e. The van der Waals surface area contributed by atoms with Gasteiger partial charge in [0.15, 0.2) is 5.82 Å². The molecule has 6 heteroatoms. The monoisotopic (exact) mass is 333 g/mol. The van der Waals surface area contributed by atoms with Crippen molar-refractivity contribution < 1.29 is 14.0 Å². The van der Waals surface area contributed by atoms with E-state index < -0.39 is 5.82 Å². The number of carbonyl (C=O) groups is 2. The van der Waals surface area contributed by atoms with Crippen LogP contribution >= 0.6 is 0 Å². The van der Waals surface area contributed by atoms with Gasteiger partial charge in [0.2, 0.25) is 5.91 Å². The van der Waals surface area contributed by atoms with Crippen LogP contribution in [0.5, 0.6) is 0 Å². The third-order valence-electron chi connectivity index (χ3n) is 5.28. The number of likely N-dealkylation sites (tertiary alicyclic amines) is 1. The molecule has 5 nitrogen and oxygen atoms in total. The first-order chi connectivity index (χ1) is 11.4. The zero-order valence-corrected chi connectivity index (χ0v) is 14.2. The van der Waals surface area contributed by atoms with Crippen LogP contribution in [-0.2, 0) is 4.79 Å². The molecule has 0 bridgehead atoms. The van der Waals surface area contributed by atoms with Gasteiger partial charge in [-0.15, -0.1) is 0 Å². The molecule has 1 aromatic heterocycles. The molecule has 1 saturated heterocycles. The van der Waals surface area contributed by atoms with E-state index in [4.69, 9.17) is 0 Å². The smallest absolute Gasteiger partial charge is 0.256 e. The summed E-state index contributed by atoms with van der Waals surface area (Å²) in [5.74, 6) is -1.16. The molecular formula is C18H24FN3O2. The maximum atomic E-state index is 13.9. The fraction of sp³-hybridized carbons (Fsp3) is 0.611. The fourth-order valence-corrected chi connectivity index (χ4v) is 4.17. The molecule has 0 radical (unpaired) electrons. The quantitative estimate of drug-likeness (QED) is 0.924. The number of amides is 2. The van der Waals surface area contributed by atoms with Crippen LogP contribution in [0.3, 0.4) is 0 Å². The van der Waals surface area contributed by atoms with Gasteiger partial charge in [0.05, 0.1) is 17.7 Å². The topological polar surface area (TPSA) is 62.3 Å². The van der Waals surface area contributed by atoms with Gasteiger partial charge in [-0.2, -0.15) is 0 Å². The van der Waals surface area contributed by atoms with Gasteiger partial charge in [0, 0.05) is 30.7 Å². The highest BCUT2D eigenvalue weighted by molar-refractivity contribution is 5.95. The SMILES string of the molecule is CC(C)NC(=O)C1CN(C(=O)c2ccncc2F)CC12CCCC2. The zero-order valence-electron chi connectivity index (χ0n) is 14.2. The lowest BCUT2D eigenvalue weighted by Gasteiger charge is -2.29. The van der Waals surface area contributed by atoms with E-state index in [2.05, 4.69) is 10.3 Å². The molecule has 1 atom stereocenters. The highest BCUT2D eigenvalue weighted by Crippen LogP contribution is 2.49. The normalized spacial score (nSPS) is 22.3. The fourth-order valence-electron chi connectivity index (χ4n) is 4.17. The number of pyridine rings is 1. The highest BCUT2D eigenvalue weighted by Gasteiger charge is 2.52. The summed E-state index contributed by atoms with van der Waals surface area (Å²) < 4.78 is 13.9. The third kappa shape index (κ3) is 3.01. The molecule has 3 rings (SSSR count). The van der Waals surface area contributed by atoms with Gasteiger partial charge in [-0.25, -0.2) is 4.39 Å². The van der Waals surface area contributed by atoms with E-state index in [1.165, 1.54) is 12.3 Å². The van der Waals surface area contributed by atoms with Crippen LogP contribution in [0.25, 0.3) is 0 Å². The molecule has 2 amide bonds. The third-order valence-corrected chi connectivity index (χ3v) is 5.28. The second-order valence-electron chi connectivity index (χ2n) is 7.33. The Morgan fingerprint density at radius 3 is 2.71 bits per heavy atom. The predicted octanol–water partition coefficient (Wildman–Crippen LogP) is 2.38. The number of hydrogen-bond donors (Lipinski definition) is 1. The summed E-state index contributed by atoms with van der Waals surface area (Å²) >= 11 is 0. The summed E-state index contributed by atoms with van der Waals surface area (Å²) in [7, 11) is 0.